The number of piperazine rings is 1. The van der Waals surface area contributed by atoms with E-state index < -0.39 is 5.97 Å². The Bertz CT molecular complexity index is 617. The van der Waals surface area contributed by atoms with Gasteiger partial charge in [0.25, 0.3) is 0 Å². The lowest BCUT2D eigenvalue weighted by molar-refractivity contribution is -0.141. The Kier molecular flexibility index (Phi) is 6.92. The fraction of sp³-hybridized carbons (Fsp3) is 0.600. The van der Waals surface area contributed by atoms with Gasteiger partial charge in [0.15, 0.2) is 0 Å². The van der Waals surface area contributed by atoms with Crippen molar-refractivity contribution >= 4 is 17.7 Å². The number of urea groups is 1. The van der Waals surface area contributed by atoms with Crippen LogP contribution in [0.15, 0.2) is 30.3 Å². The second-order valence-corrected chi connectivity index (χ2v) is 7.06. The molecule has 2 fully saturated rings. The number of para-hydroxylation sites is 1. The number of ether oxygens (including phenoxy) is 1. The van der Waals surface area contributed by atoms with Crippen LogP contribution in [-0.4, -0.2) is 80.3 Å². The summed E-state index contributed by atoms with van der Waals surface area (Å²) in [6.07, 6.45) is 2.11. The Labute approximate surface area is 161 Å². The molecule has 2 aliphatic rings. The van der Waals surface area contributed by atoms with Gasteiger partial charge < -0.3 is 19.9 Å². The van der Waals surface area contributed by atoms with Crippen LogP contribution in [-0.2, 0) is 9.53 Å². The summed E-state index contributed by atoms with van der Waals surface area (Å²) in [4.78, 5) is 30.5. The minimum Gasteiger partial charge on any atom is -0.465 e. The molecule has 2 amide bonds. The Morgan fingerprint density at radius 3 is 2.56 bits per heavy atom. The van der Waals surface area contributed by atoms with Crippen LogP contribution < -0.4 is 10.2 Å². The minimum absolute atomic E-state index is 0.0659. The number of likely N-dealkylation sites (tertiary alicyclic amines) is 1. The van der Waals surface area contributed by atoms with Gasteiger partial charge in [0, 0.05) is 51.0 Å². The zero-order chi connectivity index (χ0) is 19.1. The van der Waals surface area contributed by atoms with Gasteiger partial charge in [-0.25, -0.2) is 4.79 Å². The van der Waals surface area contributed by atoms with Crippen LogP contribution in [0.2, 0.25) is 0 Å². The van der Waals surface area contributed by atoms with Crippen molar-refractivity contribution in [3.05, 3.63) is 30.3 Å². The monoisotopic (exact) mass is 374 g/mol. The first-order chi connectivity index (χ1) is 13.2. The quantitative estimate of drug-likeness (QED) is 0.792. The van der Waals surface area contributed by atoms with Crippen LogP contribution in [0.25, 0.3) is 0 Å². The SMILES string of the molecule is CCOC(=O)CNC(=O)N1CCCC(N2CCN(c3ccccc3)CC2)C1. The van der Waals surface area contributed by atoms with E-state index in [1.807, 2.05) is 11.0 Å². The average molecular weight is 374 g/mol. The molecule has 2 aliphatic heterocycles. The molecular weight excluding hydrogens is 344 g/mol. The third kappa shape index (κ3) is 5.35. The lowest BCUT2D eigenvalue weighted by Crippen LogP contribution is -2.57. The number of piperidine rings is 1. The number of hydrogen-bond donors (Lipinski definition) is 1. The van der Waals surface area contributed by atoms with Gasteiger partial charge in [0.05, 0.1) is 6.61 Å². The maximum absolute atomic E-state index is 12.4. The first kappa shape index (κ1) is 19.5. The summed E-state index contributed by atoms with van der Waals surface area (Å²) in [5, 5.41) is 2.67. The van der Waals surface area contributed by atoms with Crippen LogP contribution >= 0.6 is 0 Å². The maximum atomic E-state index is 12.4. The van der Waals surface area contributed by atoms with E-state index in [9.17, 15) is 9.59 Å². The van der Waals surface area contributed by atoms with E-state index in [2.05, 4.69) is 39.4 Å². The Balaban J connectivity index is 1.46. The molecule has 3 rings (SSSR count). The summed E-state index contributed by atoms with van der Waals surface area (Å²) in [5.41, 5.74) is 1.28. The summed E-state index contributed by atoms with van der Waals surface area (Å²) >= 11 is 0. The van der Waals surface area contributed by atoms with E-state index in [-0.39, 0.29) is 12.6 Å². The molecule has 27 heavy (non-hydrogen) atoms. The number of carbonyl (C=O) groups excluding carboxylic acids is 2. The van der Waals surface area contributed by atoms with Crippen LogP contribution in [0.4, 0.5) is 10.5 Å². The molecule has 148 valence electrons. The molecule has 0 bridgehead atoms. The van der Waals surface area contributed by atoms with Gasteiger partial charge in [-0.2, -0.15) is 0 Å². The van der Waals surface area contributed by atoms with Crippen LogP contribution in [0.3, 0.4) is 0 Å². The highest BCUT2D eigenvalue weighted by Crippen LogP contribution is 2.20. The number of hydrogen-bond acceptors (Lipinski definition) is 5. The molecule has 1 aromatic carbocycles. The number of amides is 2. The van der Waals surface area contributed by atoms with E-state index in [1.165, 1.54) is 5.69 Å². The molecule has 1 unspecified atom stereocenters. The van der Waals surface area contributed by atoms with E-state index in [0.717, 1.165) is 52.1 Å². The first-order valence-electron chi connectivity index (χ1n) is 9.90. The Morgan fingerprint density at radius 2 is 1.85 bits per heavy atom. The van der Waals surface area contributed by atoms with E-state index >= 15 is 0 Å². The molecule has 0 radical (unpaired) electrons. The van der Waals surface area contributed by atoms with Gasteiger partial charge in [0.2, 0.25) is 0 Å². The van der Waals surface area contributed by atoms with Crippen molar-refractivity contribution in [1.82, 2.24) is 15.1 Å². The molecule has 0 aromatic heterocycles. The number of esters is 1. The summed E-state index contributed by atoms with van der Waals surface area (Å²) < 4.78 is 4.86. The summed E-state index contributed by atoms with van der Waals surface area (Å²) in [5.74, 6) is -0.392. The van der Waals surface area contributed by atoms with Crippen molar-refractivity contribution in [3.63, 3.8) is 0 Å². The first-order valence-corrected chi connectivity index (χ1v) is 9.90. The predicted octanol–water partition coefficient (Wildman–Crippen LogP) is 1.55. The number of rotatable bonds is 5. The smallest absolute Gasteiger partial charge is 0.325 e. The number of carbonyl (C=O) groups is 2. The predicted molar refractivity (Wildman–Crippen MR) is 105 cm³/mol. The van der Waals surface area contributed by atoms with Gasteiger partial charge in [0.1, 0.15) is 6.54 Å². The molecule has 7 heteroatoms. The molecular formula is C20H30N4O3. The Morgan fingerprint density at radius 1 is 1.11 bits per heavy atom. The lowest BCUT2D eigenvalue weighted by atomic mass is 10.0. The molecule has 7 nitrogen and oxygen atoms in total. The zero-order valence-electron chi connectivity index (χ0n) is 16.1. The zero-order valence-corrected chi connectivity index (χ0v) is 16.1. The third-order valence-corrected chi connectivity index (χ3v) is 5.33. The van der Waals surface area contributed by atoms with Crippen LogP contribution in [0.1, 0.15) is 19.8 Å². The molecule has 1 aromatic rings. The third-order valence-electron chi connectivity index (χ3n) is 5.33. The van der Waals surface area contributed by atoms with Gasteiger partial charge in [-0.3, -0.25) is 9.69 Å². The largest absolute Gasteiger partial charge is 0.465 e. The van der Waals surface area contributed by atoms with Crippen molar-refractivity contribution in [3.8, 4) is 0 Å². The molecule has 2 heterocycles. The molecule has 1 N–H and O–H groups in total. The summed E-state index contributed by atoms with van der Waals surface area (Å²) in [6.45, 7) is 7.53. The standard InChI is InChI=1S/C20H30N4O3/c1-2-27-19(25)15-21-20(26)24-10-6-9-18(16-24)23-13-11-22(12-14-23)17-7-4-3-5-8-17/h3-5,7-8,18H,2,6,9-16H2,1H3,(H,21,26). The molecule has 0 saturated carbocycles. The summed E-state index contributed by atoms with van der Waals surface area (Å²) in [6, 6.07) is 10.7. The van der Waals surface area contributed by atoms with Gasteiger partial charge in [-0.15, -0.1) is 0 Å². The molecule has 0 aliphatic carbocycles. The topological polar surface area (TPSA) is 65.1 Å². The van der Waals surface area contributed by atoms with Crippen molar-refractivity contribution in [2.75, 3.05) is 57.3 Å². The van der Waals surface area contributed by atoms with Crippen molar-refractivity contribution in [2.45, 2.75) is 25.8 Å². The number of benzene rings is 1. The van der Waals surface area contributed by atoms with Crippen molar-refractivity contribution in [2.24, 2.45) is 0 Å². The normalized spacial score (nSPS) is 21.0. The highest BCUT2D eigenvalue weighted by Gasteiger charge is 2.30. The Hall–Kier alpha value is -2.28. The van der Waals surface area contributed by atoms with Crippen LogP contribution in [0, 0.1) is 0 Å². The van der Waals surface area contributed by atoms with E-state index in [4.69, 9.17) is 4.74 Å². The fourth-order valence-electron chi connectivity index (χ4n) is 3.89. The molecule has 0 spiro atoms. The molecule has 1 atom stereocenters. The van der Waals surface area contributed by atoms with Crippen molar-refractivity contribution in [1.29, 1.82) is 0 Å². The van der Waals surface area contributed by atoms with Crippen LogP contribution in [0.5, 0.6) is 0 Å². The minimum atomic E-state index is -0.392. The van der Waals surface area contributed by atoms with Gasteiger partial charge in [-0.05, 0) is 31.9 Å². The number of nitrogens with zero attached hydrogens (tertiary/aromatic N) is 3. The van der Waals surface area contributed by atoms with Crippen molar-refractivity contribution < 1.29 is 14.3 Å². The lowest BCUT2D eigenvalue weighted by Gasteiger charge is -2.43. The fourth-order valence-corrected chi connectivity index (χ4v) is 3.89. The highest BCUT2D eigenvalue weighted by molar-refractivity contribution is 5.80. The number of nitrogens with one attached hydrogen (secondary N) is 1. The van der Waals surface area contributed by atoms with Gasteiger partial charge >= 0.3 is 12.0 Å². The average Bonchev–Trinajstić information content (AvgIpc) is 2.73. The van der Waals surface area contributed by atoms with E-state index in [0.29, 0.717) is 12.6 Å². The summed E-state index contributed by atoms with van der Waals surface area (Å²) in [7, 11) is 0. The second-order valence-electron chi connectivity index (χ2n) is 7.06. The van der Waals surface area contributed by atoms with Gasteiger partial charge in [-0.1, -0.05) is 18.2 Å². The highest BCUT2D eigenvalue weighted by atomic mass is 16.5. The second kappa shape index (κ2) is 9.60. The molecule has 2 saturated heterocycles. The van der Waals surface area contributed by atoms with E-state index in [1.54, 1.807) is 6.92 Å². The maximum Gasteiger partial charge on any atom is 0.325 e. The number of anilines is 1.